The van der Waals surface area contributed by atoms with E-state index in [4.69, 9.17) is 0 Å². The molecule has 2 rings (SSSR count). The van der Waals surface area contributed by atoms with Crippen molar-refractivity contribution in [1.29, 1.82) is 0 Å². The van der Waals surface area contributed by atoms with Crippen LogP contribution in [0, 0.1) is 3.57 Å². The fourth-order valence-corrected chi connectivity index (χ4v) is 1.95. The van der Waals surface area contributed by atoms with Gasteiger partial charge in [-0.25, -0.2) is 0 Å². The van der Waals surface area contributed by atoms with E-state index in [1.165, 1.54) is 9.13 Å². The van der Waals surface area contributed by atoms with Crippen molar-refractivity contribution >= 4 is 28.3 Å². The van der Waals surface area contributed by atoms with Crippen LogP contribution in [0.25, 0.3) is 0 Å². The second kappa shape index (κ2) is 5.30. The molecule has 0 unspecified atom stereocenters. The van der Waals surface area contributed by atoms with Crippen molar-refractivity contribution in [2.45, 2.75) is 32.9 Å². The summed E-state index contributed by atoms with van der Waals surface area (Å²) in [6.07, 6.45) is 4.02. The number of halogens is 1. The molecule has 0 fully saturated rings. The summed E-state index contributed by atoms with van der Waals surface area (Å²) in [4.78, 5) is 0. The van der Waals surface area contributed by atoms with Crippen LogP contribution in [0.5, 0.6) is 0 Å². The fraction of sp³-hybridized carbons (Fsp3) is 0.357. The van der Waals surface area contributed by atoms with Gasteiger partial charge in [-0.3, -0.25) is 4.68 Å². The van der Waals surface area contributed by atoms with Gasteiger partial charge in [0.05, 0.1) is 11.7 Å². The molecule has 0 bridgehead atoms. The van der Waals surface area contributed by atoms with Gasteiger partial charge in [0, 0.05) is 27.6 Å². The van der Waals surface area contributed by atoms with Crippen LogP contribution in [0.15, 0.2) is 36.7 Å². The van der Waals surface area contributed by atoms with Crippen LogP contribution >= 0.6 is 22.6 Å². The SMILES string of the molecule is CC(C)(C)n1cc(CNc2ccc(I)cc2)cn1. The van der Waals surface area contributed by atoms with Crippen LogP contribution in [0.3, 0.4) is 0 Å². The largest absolute Gasteiger partial charge is 0.381 e. The number of rotatable bonds is 3. The predicted octanol–water partition coefficient (Wildman–Crippen LogP) is 3.85. The zero-order valence-electron chi connectivity index (χ0n) is 10.9. The third-order valence-corrected chi connectivity index (χ3v) is 3.38. The molecule has 0 aliphatic heterocycles. The van der Waals surface area contributed by atoms with E-state index in [0.717, 1.165) is 12.2 Å². The molecule has 1 aromatic heterocycles. The summed E-state index contributed by atoms with van der Waals surface area (Å²) in [5.41, 5.74) is 2.38. The summed E-state index contributed by atoms with van der Waals surface area (Å²) in [7, 11) is 0. The monoisotopic (exact) mass is 355 g/mol. The summed E-state index contributed by atoms with van der Waals surface area (Å²) < 4.78 is 3.25. The molecular weight excluding hydrogens is 337 g/mol. The minimum absolute atomic E-state index is 0.0428. The lowest BCUT2D eigenvalue weighted by atomic mass is 10.1. The lowest BCUT2D eigenvalue weighted by Gasteiger charge is -2.18. The summed E-state index contributed by atoms with van der Waals surface area (Å²) in [5.74, 6) is 0. The first kappa shape index (κ1) is 13.4. The molecule has 0 aliphatic rings. The standard InChI is InChI=1S/C14H18IN3/c1-14(2,3)18-10-11(9-17-18)8-16-13-6-4-12(15)5-7-13/h4-7,9-10,16H,8H2,1-3H3. The summed E-state index contributed by atoms with van der Waals surface area (Å²) >= 11 is 2.31. The minimum atomic E-state index is 0.0428. The molecule has 0 aliphatic carbocycles. The number of hydrogen-bond acceptors (Lipinski definition) is 2. The van der Waals surface area contributed by atoms with Crippen LogP contribution in [-0.4, -0.2) is 9.78 Å². The number of hydrogen-bond donors (Lipinski definition) is 1. The molecule has 0 saturated carbocycles. The van der Waals surface area contributed by atoms with Gasteiger partial charge in [0.2, 0.25) is 0 Å². The maximum Gasteiger partial charge on any atom is 0.0543 e. The molecule has 0 radical (unpaired) electrons. The van der Waals surface area contributed by atoms with E-state index in [-0.39, 0.29) is 5.54 Å². The van der Waals surface area contributed by atoms with Gasteiger partial charge in [-0.2, -0.15) is 5.10 Å². The molecule has 0 amide bonds. The van der Waals surface area contributed by atoms with Gasteiger partial charge >= 0.3 is 0 Å². The fourth-order valence-electron chi connectivity index (χ4n) is 1.59. The first-order chi connectivity index (χ1) is 8.45. The van der Waals surface area contributed by atoms with Crippen LogP contribution < -0.4 is 5.32 Å². The number of nitrogens with one attached hydrogen (secondary N) is 1. The highest BCUT2D eigenvalue weighted by Crippen LogP contribution is 2.15. The van der Waals surface area contributed by atoms with Gasteiger partial charge in [0.15, 0.2) is 0 Å². The highest BCUT2D eigenvalue weighted by molar-refractivity contribution is 14.1. The molecule has 0 spiro atoms. The van der Waals surface area contributed by atoms with E-state index in [9.17, 15) is 0 Å². The Kier molecular flexibility index (Phi) is 3.94. The van der Waals surface area contributed by atoms with Crippen LogP contribution in [0.1, 0.15) is 26.3 Å². The lowest BCUT2D eigenvalue weighted by molar-refractivity contribution is 0.355. The van der Waals surface area contributed by atoms with Gasteiger partial charge in [-0.05, 0) is 67.6 Å². The van der Waals surface area contributed by atoms with E-state index < -0.39 is 0 Å². The summed E-state index contributed by atoms with van der Waals surface area (Å²) in [6, 6.07) is 8.38. The molecule has 0 atom stereocenters. The van der Waals surface area contributed by atoms with Crippen molar-refractivity contribution < 1.29 is 0 Å². The molecule has 3 nitrogen and oxygen atoms in total. The van der Waals surface area contributed by atoms with E-state index >= 15 is 0 Å². The lowest BCUT2D eigenvalue weighted by Crippen LogP contribution is -2.21. The van der Waals surface area contributed by atoms with Crippen LogP contribution in [0.4, 0.5) is 5.69 Å². The topological polar surface area (TPSA) is 29.9 Å². The molecule has 1 heterocycles. The quantitative estimate of drug-likeness (QED) is 0.848. The Morgan fingerprint density at radius 1 is 1.22 bits per heavy atom. The Labute approximate surface area is 122 Å². The Hall–Kier alpha value is -1.04. The van der Waals surface area contributed by atoms with Crippen molar-refractivity contribution in [1.82, 2.24) is 9.78 Å². The maximum atomic E-state index is 4.39. The highest BCUT2D eigenvalue weighted by Gasteiger charge is 2.13. The number of benzene rings is 1. The van der Waals surface area contributed by atoms with Gasteiger partial charge in [-0.15, -0.1) is 0 Å². The summed E-state index contributed by atoms with van der Waals surface area (Å²) in [5, 5.41) is 7.79. The van der Waals surface area contributed by atoms with Crippen LogP contribution in [-0.2, 0) is 12.1 Å². The maximum absolute atomic E-state index is 4.39. The molecule has 1 N–H and O–H groups in total. The summed E-state index contributed by atoms with van der Waals surface area (Å²) in [6.45, 7) is 7.25. The molecule has 4 heteroatoms. The Morgan fingerprint density at radius 3 is 2.44 bits per heavy atom. The van der Waals surface area contributed by atoms with E-state index in [0.29, 0.717) is 0 Å². The second-order valence-electron chi connectivity index (χ2n) is 5.32. The third kappa shape index (κ3) is 3.48. The number of nitrogens with zero attached hydrogens (tertiary/aromatic N) is 2. The highest BCUT2D eigenvalue weighted by atomic mass is 127. The predicted molar refractivity (Wildman–Crippen MR) is 83.7 cm³/mol. The van der Waals surface area contributed by atoms with Gasteiger partial charge in [-0.1, -0.05) is 0 Å². The van der Waals surface area contributed by atoms with Crippen molar-refractivity contribution in [3.63, 3.8) is 0 Å². The minimum Gasteiger partial charge on any atom is -0.381 e. The molecule has 96 valence electrons. The average Bonchev–Trinajstić information content (AvgIpc) is 2.77. The van der Waals surface area contributed by atoms with Gasteiger partial charge < -0.3 is 5.32 Å². The Bertz CT molecular complexity index is 509. The first-order valence-corrected chi connectivity index (χ1v) is 7.06. The third-order valence-electron chi connectivity index (χ3n) is 2.66. The smallest absolute Gasteiger partial charge is 0.0543 e. The Morgan fingerprint density at radius 2 is 1.89 bits per heavy atom. The van der Waals surface area contributed by atoms with Gasteiger partial charge in [0.25, 0.3) is 0 Å². The zero-order valence-corrected chi connectivity index (χ0v) is 13.1. The molecular formula is C14H18IN3. The first-order valence-electron chi connectivity index (χ1n) is 5.98. The number of anilines is 1. The van der Waals surface area contributed by atoms with Crippen molar-refractivity contribution in [3.05, 3.63) is 45.8 Å². The molecule has 0 saturated heterocycles. The molecule has 2 aromatic rings. The molecule has 1 aromatic carbocycles. The Balaban J connectivity index is 1.98. The number of aromatic nitrogens is 2. The van der Waals surface area contributed by atoms with Crippen LogP contribution in [0.2, 0.25) is 0 Å². The van der Waals surface area contributed by atoms with E-state index in [1.807, 2.05) is 10.9 Å². The van der Waals surface area contributed by atoms with Gasteiger partial charge in [0.1, 0.15) is 0 Å². The normalized spacial score (nSPS) is 11.6. The second-order valence-corrected chi connectivity index (χ2v) is 6.57. The average molecular weight is 355 g/mol. The van der Waals surface area contributed by atoms with Crippen molar-refractivity contribution in [3.8, 4) is 0 Å². The van der Waals surface area contributed by atoms with Crippen molar-refractivity contribution in [2.75, 3.05) is 5.32 Å². The molecule has 18 heavy (non-hydrogen) atoms. The van der Waals surface area contributed by atoms with E-state index in [1.54, 1.807) is 0 Å². The van der Waals surface area contributed by atoms with Crippen molar-refractivity contribution in [2.24, 2.45) is 0 Å². The van der Waals surface area contributed by atoms with E-state index in [2.05, 4.69) is 84.2 Å². The zero-order chi connectivity index (χ0) is 13.2.